The molecule has 1 aliphatic rings. The molecule has 0 unspecified atom stereocenters. The van der Waals surface area contributed by atoms with E-state index in [1.807, 2.05) is 18.2 Å². The molecule has 1 saturated carbocycles. The van der Waals surface area contributed by atoms with Crippen molar-refractivity contribution in [2.24, 2.45) is 17.1 Å². The van der Waals surface area contributed by atoms with Crippen LogP contribution >= 0.6 is 0 Å². The largest absolute Gasteiger partial charge is 0.481 e. The molecule has 0 amide bonds. The summed E-state index contributed by atoms with van der Waals surface area (Å²) >= 11 is 0. The fourth-order valence-electron chi connectivity index (χ4n) is 3.43. The molecule has 0 aliphatic heterocycles. The van der Waals surface area contributed by atoms with Crippen LogP contribution in [0.25, 0.3) is 0 Å². The monoisotopic (exact) mass is 247 g/mol. The lowest BCUT2D eigenvalue weighted by molar-refractivity contribution is -0.139. The second kappa shape index (κ2) is 5.11. The van der Waals surface area contributed by atoms with E-state index in [4.69, 9.17) is 10.8 Å². The third-order valence-corrected chi connectivity index (χ3v) is 4.28. The number of carboxylic acids is 1. The minimum absolute atomic E-state index is 0.192. The molecule has 3 N–H and O–H groups in total. The van der Waals surface area contributed by atoms with E-state index in [2.05, 4.69) is 19.1 Å². The molecular formula is C15H21NO2. The third-order valence-electron chi connectivity index (χ3n) is 4.28. The Balaban J connectivity index is 2.19. The minimum Gasteiger partial charge on any atom is -0.481 e. The van der Waals surface area contributed by atoms with Crippen molar-refractivity contribution in [2.75, 3.05) is 6.54 Å². The first kappa shape index (κ1) is 13.1. The standard InChI is InChI=1S/C15H21NO2/c1-11-7-15(10-16,9-14(17)18)8-13(11)12-5-3-2-4-6-12/h2-6,11,13H,7-10,16H2,1H3,(H,17,18)/t11-,13-,15-/m1/s1. The second-order valence-corrected chi connectivity index (χ2v) is 5.68. The first-order chi connectivity index (χ1) is 8.56. The Bertz CT molecular complexity index is 418. The highest BCUT2D eigenvalue weighted by Crippen LogP contribution is 2.51. The maximum absolute atomic E-state index is 11.0. The van der Waals surface area contributed by atoms with Crippen LogP contribution < -0.4 is 5.73 Å². The zero-order valence-electron chi connectivity index (χ0n) is 10.8. The molecule has 0 saturated heterocycles. The molecule has 2 rings (SSSR count). The number of rotatable bonds is 4. The number of hydrogen-bond donors (Lipinski definition) is 2. The molecule has 3 heteroatoms. The van der Waals surface area contributed by atoms with Crippen LogP contribution in [0.1, 0.15) is 37.7 Å². The van der Waals surface area contributed by atoms with Gasteiger partial charge < -0.3 is 10.8 Å². The average Bonchev–Trinajstić information content (AvgIpc) is 2.67. The summed E-state index contributed by atoms with van der Waals surface area (Å²) in [5.41, 5.74) is 6.95. The lowest BCUT2D eigenvalue weighted by Gasteiger charge is -2.25. The SMILES string of the molecule is C[C@@H]1C[C@](CN)(CC(=O)O)C[C@H]1c1ccccc1. The molecule has 0 spiro atoms. The molecule has 3 atom stereocenters. The van der Waals surface area contributed by atoms with E-state index >= 15 is 0 Å². The summed E-state index contributed by atoms with van der Waals surface area (Å²) in [5.74, 6) is 0.200. The molecule has 0 heterocycles. The van der Waals surface area contributed by atoms with Crippen molar-refractivity contribution in [3.63, 3.8) is 0 Å². The highest BCUT2D eigenvalue weighted by molar-refractivity contribution is 5.68. The number of nitrogens with two attached hydrogens (primary N) is 1. The molecule has 0 aromatic heterocycles. The van der Waals surface area contributed by atoms with E-state index in [1.54, 1.807) is 0 Å². The highest BCUT2D eigenvalue weighted by atomic mass is 16.4. The minimum atomic E-state index is -0.735. The zero-order valence-corrected chi connectivity index (χ0v) is 10.8. The van der Waals surface area contributed by atoms with Gasteiger partial charge in [0.05, 0.1) is 6.42 Å². The molecule has 1 aromatic carbocycles. The quantitative estimate of drug-likeness (QED) is 0.859. The van der Waals surface area contributed by atoms with E-state index < -0.39 is 5.97 Å². The Labute approximate surface area is 108 Å². The van der Waals surface area contributed by atoms with Gasteiger partial charge >= 0.3 is 5.97 Å². The Morgan fingerprint density at radius 1 is 1.39 bits per heavy atom. The summed E-state index contributed by atoms with van der Waals surface area (Å²) in [7, 11) is 0. The Morgan fingerprint density at radius 3 is 2.61 bits per heavy atom. The van der Waals surface area contributed by atoms with Crippen LogP contribution in [-0.4, -0.2) is 17.6 Å². The smallest absolute Gasteiger partial charge is 0.303 e. The van der Waals surface area contributed by atoms with Gasteiger partial charge in [-0.2, -0.15) is 0 Å². The van der Waals surface area contributed by atoms with Crippen LogP contribution in [0.4, 0.5) is 0 Å². The Hall–Kier alpha value is -1.35. The molecule has 0 radical (unpaired) electrons. The summed E-state index contributed by atoms with van der Waals surface area (Å²) in [5, 5.41) is 9.06. The van der Waals surface area contributed by atoms with Gasteiger partial charge in [-0.15, -0.1) is 0 Å². The molecule has 18 heavy (non-hydrogen) atoms. The Kier molecular flexibility index (Phi) is 3.71. The molecule has 0 bridgehead atoms. The zero-order chi connectivity index (χ0) is 13.2. The fourth-order valence-corrected chi connectivity index (χ4v) is 3.43. The summed E-state index contributed by atoms with van der Waals surface area (Å²) in [6.45, 7) is 2.67. The number of benzene rings is 1. The number of hydrogen-bond acceptors (Lipinski definition) is 2. The molecular weight excluding hydrogens is 226 g/mol. The predicted molar refractivity (Wildman–Crippen MR) is 71.3 cm³/mol. The van der Waals surface area contributed by atoms with E-state index in [1.165, 1.54) is 5.56 Å². The van der Waals surface area contributed by atoms with Crippen LogP contribution in [-0.2, 0) is 4.79 Å². The molecule has 98 valence electrons. The van der Waals surface area contributed by atoms with Gasteiger partial charge in [0.15, 0.2) is 0 Å². The van der Waals surface area contributed by atoms with E-state index in [0.29, 0.717) is 18.4 Å². The maximum atomic E-state index is 11.0. The fraction of sp³-hybridized carbons (Fsp3) is 0.533. The predicted octanol–water partition coefficient (Wildman–Crippen LogP) is 2.62. The molecule has 3 nitrogen and oxygen atoms in total. The maximum Gasteiger partial charge on any atom is 0.303 e. The molecule has 1 fully saturated rings. The Morgan fingerprint density at radius 2 is 2.06 bits per heavy atom. The van der Waals surface area contributed by atoms with E-state index in [9.17, 15) is 4.79 Å². The summed E-state index contributed by atoms with van der Waals surface area (Å²) in [6, 6.07) is 10.4. The van der Waals surface area contributed by atoms with Gasteiger partial charge in [-0.05, 0) is 42.2 Å². The number of aliphatic carboxylic acids is 1. The molecule has 1 aliphatic carbocycles. The lowest BCUT2D eigenvalue weighted by Crippen LogP contribution is -2.30. The lowest BCUT2D eigenvalue weighted by atomic mass is 9.81. The summed E-state index contributed by atoms with van der Waals surface area (Å²) in [4.78, 5) is 11.0. The second-order valence-electron chi connectivity index (χ2n) is 5.68. The van der Waals surface area contributed by atoms with Crippen LogP contribution in [0, 0.1) is 11.3 Å². The van der Waals surface area contributed by atoms with Crippen LogP contribution in [0.15, 0.2) is 30.3 Å². The van der Waals surface area contributed by atoms with Crippen molar-refractivity contribution in [3.05, 3.63) is 35.9 Å². The van der Waals surface area contributed by atoms with Gasteiger partial charge in [-0.25, -0.2) is 0 Å². The van der Waals surface area contributed by atoms with Crippen LogP contribution in [0.3, 0.4) is 0 Å². The molecule has 1 aromatic rings. The number of carboxylic acid groups (broad SMARTS) is 1. The van der Waals surface area contributed by atoms with Crippen molar-refractivity contribution in [2.45, 2.75) is 32.1 Å². The van der Waals surface area contributed by atoms with Gasteiger partial charge in [0.2, 0.25) is 0 Å². The normalized spacial score (nSPS) is 31.4. The van der Waals surface area contributed by atoms with Crippen molar-refractivity contribution < 1.29 is 9.90 Å². The van der Waals surface area contributed by atoms with Gasteiger partial charge in [-0.1, -0.05) is 37.3 Å². The van der Waals surface area contributed by atoms with E-state index in [0.717, 1.165) is 12.8 Å². The first-order valence-corrected chi connectivity index (χ1v) is 6.53. The van der Waals surface area contributed by atoms with Gasteiger partial charge in [0, 0.05) is 0 Å². The first-order valence-electron chi connectivity index (χ1n) is 6.53. The summed E-state index contributed by atoms with van der Waals surface area (Å²) < 4.78 is 0. The van der Waals surface area contributed by atoms with Crippen molar-refractivity contribution in [1.29, 1.82) is 0 Å². The third kappa shape index (κ3) is 2.56. The van der Waals surface area contributed by atoms with Gasteiger partial charge in [0.25, 0.3) is 0 Å². The summed E-state index contributed by atoms with van der Waals surface area (Å²) in [6.07, 6.45) is 1.99. The number of carbonyl (C=O) groups is 1. The highest BCUT2D eigenvalue weighted by Gasteiger charge is 2.44. The van der Waals surface area contributed by atoms with E-state index in [-0.39, 0.29) is 11.8 Å². The van der Waals surface area contributed by atoms with Crippen molar-refractivity contribution in [3.8, 4) is 0 Å². The van der Waals surface area contributed by atoms with Crippen LogP contribution in [0.2, 0.25) is 0 Å². The topological polar surface area (TPSA) is 63.3 Å². The van der Waals surface area contributed by atoms with Crippen molar-refractivity contribution in [1.82, 2.24) is 0 Å². The average molecular weight is 247 g/mol. The van der Waals surface area contributed by atoms with Gasteiger partial charge in [-0.3, -0.25) is 4.79 Å². The van der Waals surface area contributed by atoms with Gasteiger partial charge in [0.1, 0.15) is 0 Å². The van der Waals surface area contributed by atoms with Crippen LogP contribution in [0.5, 0.6) is 0 Å². The van der Waals surface area contributed by atoms with Crippen molar-refractivity contribution >= 4 is 5.97 Å².